The number of ether oxygens (including phenoxy) is 1. The fourth-order valence-electron chi connectivity index (χ4n) is 2.61. The highest BCUT2D eigenvalue weighted by Gasteiger charge is 2.14. The predicted molar refractivity (Wildman–Crippen MR) is 110 cm³/mol. The Morgan fingerprint density at radius 1 is 0.964 bits per heavy atom. The van der Waals surface area contributed by atoms with Crippen LogP contribution in [-0.2, 0) is 20.4 Å². The van der Waals surface area contributed by atoms with Gasteiger partial charge in [-0.2, -0.15) is 0 Å². The smallest absolute Gasteiger partial charge is 0.237 e. The van der Waals surface area contributed by atoms with Gasteiger partial charge in [0.05, 0.1) is 18.3 Å². The van der Waals surface area contributed by atoms with Crippen LogP contribution in [0.4, 0.5) is 11.4 Å². The molecule has 2 amide bonds. The van der Waals surface area contributed by atoms with Crippen molar-refractivity contribution in [3.05, 3.63) is 60.8 Å². The average molecular weight is 397 g/mol. The zero-order valence-electron chi connectivity index (χ0n) is 15.2. The van der Waals surface area contributed by atoms with E-state index in [9.17, 15) is 13.8 Å². The van der Waals surface area contributed by atoms with Gasteiger partial charge in [-0.25, -0.2) is 0 Å². The summed E-state index contributed by atoms with van der Waals surface area (Å²) in [6, 6.07) is 15.9. The highest BCUT2D eigenvalue weighted by atomic mass is 32.2. The van der Waals surface area contributed by atoms with Crippen molar-refractivity contribution < 1.29 is 18.5 Å². The second kappa shape index (κ2) is 9.09. The minimum absolute atomic E-state index is 0.271. The molecule has 0 spiro atoms. The minimum Gasteiger partial charge on any atom is -0.497 e. The minimum atomic E-state index is -1.64. The van der Waals surface area contributed by atoms with E-state index in [0.717, 1.165) is 5.39 Å². The van der Waals surface area contributed by atoms with Gasteiger partial charge in [-0.05, 0) is 36.4 Å². The van der Waals surface area contributed by atoms with Crippen molar-refractivity contribution in [2.24, 2.45) is 0 Å². The highest BCUT2D eigenvalue weighted by molar-refractivity contribution is 7.86. The van der Waals surface area contributed by atoms with E-state index < -0.39 is 22.6 Å². The Kier molecular flexibility index (Phi) is 6.33. The first-order chi connectivity index (χ1) is 13.5. The third kappa shape index (κ3) is 5.14. The van der Waals surface area contributed by atoms with E-state index >= 15 is 0 Å². The van der Waals surface area contributed by atoms with Crippen molar-refractivity contribution in [2.75, 3.05) is 29.2 Å². The Bertz CT molecular complexity index is 1020. The normalized spacial score (nSPS) is 11.6. The SMILES string of the molecule is COc1ccc(NC(=O)C[S@](=O)CC(=O)Nc2cccc3cccnc23)cc1. The Labute approximate surface area is 164 Å². The number of carbonyl (C=O) groups is 2. The van der Waals surface area contributed by atoms with Crippen LogP contribution in [0.2, 0.25) is 0 Å². The zero-order valence-corrected chi connectivity index (χ0v) is 16.0. The third-order valence-electron chi connectivity index (χ3n) is 3.86. The van der Waals surface area contributed by atoms with E-state index in [1.54, 1.807) is 49.7 Å². The number of hydrogen-bond donors (Lipinski definition) is 2. The van der Waals surface area contributed by atoms with Gasteiger partial charge in [0.2, 0.25) is 11.8 Å². The molecule has 28 heavy (non-hydrogen) atoms. The van der Waals surface area contributed by atoms with Crippen LogP contribution in [-0.4, -0.2) is 39.6 Å². The third-order valence-corrected chi connectivity index (χ3v) is 5.03. The number of carbonyl (C=O) groups excluding carboxylic acids is 2. The molecule has 3 aromatic rings. The average Bonchev–Trinajstić information content (AvgIpc) is 2.68. The second-order valence-electron chi connectivity index (χ2n) is 5.93. The Morgan fingerprint density at radius 3 is 2.36 bits per heavy atom. The highest BCUT2D eigenvalue weighted by Crippen LogP contribution is 2.20. The number of fused-ring (bicyclic) bond motifs is 1. The van der Waals surface area contributed by atoms with Crippen molar-refractivity contribution in [3.63, 3.8) is 0 Å². The Morgan fingerprint density at radius 2 is 1.64 bits per heavy atom. The molecule has 2 N–H and O–H groups in total. The second-order valence-corrected chi connectivity index (χ2v) is 7.39. The van der Waals surface area contributed by atoms with Crippen LogP contribution in [0.15, 0.2) is 60.8 Å². The largest absolute Gasteiger partial charge is 0.497 e. The lowest BCUT2D eigenvalue weighted by molar-refractivity contribution is -0.114. The maximum Gasteiger partial charge on any atom is 0.237 e. The van der Waals surface area contributed by atoms with Gasteiger partial charge in [0.15, 0.2) is 0 Å². The van der Waals surface area contributed by atoms with Gasteiger partial charge < -0.3 is 15.4 Å². The molecule has 1 aromatic heterocycles. The number of hydrogen-bond acceptors (Lipinski definition) is 5. The fraction of sp³-hybridized carbons (Fsp3) is 0.150. The Hall–Kier alpha value is -3.26. The van der Waals surface area contributed by atoms with Gasteiger partial charge in [0.25, 0.3) is 0 Å². The number of rotatable bonds is 7. The molecule has 0 unspecified atom stereocenters. The summed E-state index contributed by atoms with van der Waals surface area (Å²) in [5, 5.41) is 6.24. The van der Waals surface area contributed by atoms with Crippen molar-refractivity contribution in [1.29, 1.82) is 0 Å². The molecule has 0 fully saturated rings. The molecule has 0 saturated heterocycles. The van der Waals surface area contributed by atoms with E-state index in [1.807, 2.05) is 18.2 Å². The summed E-state index contributed by atoms with van der Waals surface area (Å²) in [6.45, 7) is 0. The lowest BCUT2D eigenvalue weighted by Gasteiger charge is -2.08. The van der Waals surface area contributed by atoms with Crippen molar-refractivity contribution in [1.82, 2.24) is 4.98 Å². The van der Waals surface area contributed by atoms with Gasteiger partial charge in [0.1, 0.15) is 17.3 Å². The number of aromatic nitrogens is 1. The van der Waals surface area contributed by atoms with Crippen molar-refractivity contribution in [3.8, 4) is 5.75 Å². The van der Waals surface area contributed by atoms with Crippen LogP contribution in [0.3, 0.4) is 0 Å². The molecule has 0 aliphatic rings. The van der Waals surface area contributed by atoms with E-state index in [1.165, 1.54) is 0 Å². The van der Waals surface area contributed by atoms with Crippen LogP contribution in [0.1, 0.15) is 0 Å². The Balaban J connectivity index is 1.53. The monoisotopic (exact) mass is 397 g/mol. The van der Waals surface area contributed by atoms with Crippen LogP contribution < -0.4 is 15.4 Å². The van der Waals surface area contributed by atoms with Gasteiger partial charge in [-0.3, -0.25) is 18.8 Å². The number of nitrogens with zero attached hydrogens (tertiary/aromatic N) is 1. The van der Waals surface area contributed by atoms with Crippen LogP contribution in [0, 0.1) is 0 Å². The maximum atomic E-state index is 12.2. The summed E-state index contributed by atoms with van der Waals surface area (Å²) in [4.78, 5) is 28.5. The summed E-state index contributed by atoms with van der Waals surface area (Å²) >= 11 is 0. The standard InChI is InChI=1S/C20H19N3O4S/c1-27-16-9-7-15(8-10-16)22-18(24)12-28(26)13-19(25)23-17-6-2-4-14-5-3-11-21-20(14)17/h2-11H,12-13H2,1H3,(H,22,24)(H,23,25)/t28-/m0/s1. The maximum absolute atomic E-state index is 12.2. The molecule has 0 radical (unpaired) electrons. The first-order valence-corrected chi connectivity index (χ1v) is 9.96. The van der Waals surface area contributed by atoms with E-state index in [0.29, 0.717) is 22.6 Å². The molecule has 0 aliphatic carbocycles. The number of benzene rings is 2. The quantitative estimate of drug-likeness (QED) is 0.639. The molecule has 0 bridgehead atoms. The number of amides is 2. The first-order valence-electron chi connectivity index (χ1n) is 8.47. The fourth-order valence-corrected chi connectivity index (χ4v) is 3.44. The predicted octanol–water partition coefficient (Wildman–Crippen LogP) is 2.57. The number of pyridine rings is 1. The molecule has 0 saturated carbocycles. The molecule has 8 heteroatoms. The molecule has 0 aliphatic heterocycles. The lowest BCUT2D eigenvalue weighted by atomic mass is 10.2. The summed E-state index contributed by atoms with van der Waals surface area (Å²) in [5.41, 5.74) is 1.76. The lowest BCUT2D eigenvalue weighted by Crippen LogP contribution is -2.26. The molecular formula is C20H19N3O4S. The van der Waals surface area contributed by atoms with E-state index in [-0.39, 0.29) is 11.5 Å². The first kappa shape index (κ1) is 19.5. The van der Waals surface area contributed by atoms with Crippen LogP contribution in [0.5, 0.6) is 5.75 Å². The molecule has 1 atom stereocenters. The van der Waals surface area contributed by atoms with Gasteiger partial charge in [-0.15, -0.1) is 0 Å². The number of nitrogens with one attached hydrogen (secondary N) is 2. The molecule has 2 aromatic carbocycles. The molecular weight excluding hydrogens is 378 g/mol. The molecule has 144 valence electrons. The van der Waals surface area contributed by atoms with E-state index in [4.69, 9.17) is 4.74 Å². The van der Waals surface area contributed by atoms with Crippen LogP contribution in [0.25, 0.3) is 10.9 Å². The molecule has 3 rings (SSSR count). The number of anilines is 2. The summed E-state index contributed by atoms with van der Waals surface area (Å²) in [7, 11) is -0.0847. The van der Waals surface area contributed by atoms with Gasteiger partial charge >= 0.3 is 0 Å². The van der Waals surface area contributed by atoms with E-state index in [2.05, 4.69) is 15.6 Å². The summed E-state index contributed by atoms with van der Waals surface area (Å²) in [5.74, 6) is -0.745. The molecule has 7 nitrogen and oxygen atoms in total. The molecule has 1 heterocycles. The van der Waals surface area contributed by atoms with Crippen molar-refractivity contribution >= 4 is 44.9 Å². The van der Waals surface area contributed by atoms with Gasteiger partial charge in [-0.1, -0.05) is 18.2 Å². The topological polar surface area (TPSA) is 97.4 Å². The van der Waals surface area contributed by atoms with Gasteiger partial charge in [0, 0.05) is 28.1 Å². The summed E-state index contributed by atoms with van der Waals surface area (Å²) in [6.07, 6.45) is 1.64. The number of para-hydroxylation sites is 1. The number of methoxy groups -OCH3 is 1. The van der Waals surface area contributed by atoms with Crippen LogP contribution >= 0.6 is 0 Å². The van der Waals surface area contributed by atoms with Crippen molar-refractivity contribution in [2.45, 2.75) is 0 Å². The summed E-state index contributed by atoms with van der Waals surface area (Å²) < 4.78 is 17.2. The zero-order chi connectivity index (χ0) is 19.9.